The summed E-state index contributed by atoms with van der Waals surface area (Å²) in [5, 5.41) is 13.9. The van der Waals surface area contributed by atoms with Crippen LogP contribution in [-0.2, 0) is 6.61 Å². The van der Waals surface area contributed by atoms with E-state index in [1.807, 2.05) is 56.4 Å². The number of aryl methyl sites for hydroxylation is 1. The molecular weight excluding hydrogens is 298 g/mol. The van der Waals surface area contributed by atoms with Crippen LogP contribution in [0.25, 0.3) is 0 Å². The second-order valence-electron chi connectivity index (χ2n) is 5.30. The third-order valence-electron chi connectivity index (χ3n) is 3.65. The molecule has 0 bridgehead atoms. The molecule has 0 aliphatic heterocycles. The van der Waals surface area contributed by atoms with Gasteiger partial charge in [-0.2, -0.15) is 0 Å². The average molecular weight is 320 g/mol. The van der Waals surface area contributed by atoms with Gasteiger partial charge in [-0.3, -0.25) is 0 Å². The zero-order valence-corrected chi connectivity index (χ0v) is 13.7. The van der Waals surface area contributed by atoms with Gasteiger partial charge < -0.3 is 15.2 Å². The van der Waals surface area contributed by atoms with E-state index in [0.717, 1.165) is 29.0 Å². The van der Waals surface area contributed by atoms with Crippen LogP contribution in [0.1, 0.15) is 29.2 Å². The largest absolute Gasteiger partial charge is 0.489 e. The van der Waals surface area contributed by atoms with E-state index in [4.69, 9.17) is 16.3 Å². The molecule has 0 saturated heterocycles. The summed E-state index contributed by atoms with van der Waals surface area (Å²) in [6, 6.07) is 13.4. The van der Waals surface area contributed by atoms with Gasteiger partial charge in [-0.05, 0) is 56.3 Å². The molecule has 0 radical (unpaired) electrons. The maximum Gasteiger partial charge on any atom is 0.120 e. The van der Waals surface area contributed by atoms with E-state index in [-0.39, 0.29) is 0 Å². The first kappa shape index (κ1) is 16.8. The first-order valence-corrected chi connectivity index (χ1v) is 7.79. The average Bonchev–Trinajstić information content (AvgIpc) is 2.52. The molecule has 118 valence electrons. The van der Waals surface area contributed by atoms with Crippen LogP contribution < -0.4 is 10.1 Å². The Bertz CT molecular complexity index is 596. The van der Waals surface area contributed by atoms with Crippen LogP contribution in [-0.4, -0.2) is 18.7 Å². The molecule has 0 heterocycles. The van der Waals surface area contributed by atoms with Gasteiger partial charge >= 0.3 is 0 Å². The number of aliphatic hydroxyl groups is 1. The van der Waals surface area contributed by atoms with Crippen molar-refractivity contribution in [3.63, 3.8) is 0 Å². The molecule has 0 aliphatic carbocycles. The second-order valence-corrected chi connectivity index (χ2v) is 5.71. The molecule has 2 rings (SSSR count). The molecular formula is C18H22ClNO2. The van der Waals surface area contributed by atoms with E-state index in [9.17, 15) is 5.11 Å². The van der Waals surface area contributed by atoms with Gasteiger partial charge in [0.25, 0.3) is 0 Å². The van der Waals surface area contributed by atoms with Crippen molar-refractivity contribution in [2.45, 2.75) is 26.1 Å². The van der Waals surface area contributed by atoms with E-state index in [2.05, 4.69) is 5.32 Å². The fourth-order valence-corrected chi connectivity index (χ4v) is 2.54. The summed E-state index contributed by atoms with van der Waals surface area (Å²) in [7, 11) is 1.87. The lowest BCUT2D eigenvalue weighted by molar-refractivity contribution is 0.167. The molecule has 0 aliphatic rings. The maximum atomic E-state index is 10.1. The van der Waals surface area contributed by atoms with E-state index in [1.54, 1.807) is 0 Å². The summed E-state index contributed by atoms with van der Waals surface area (Å²) >= 11 is 6.21. The number of rotatable bonds is 7. The van der Waals surface area contributed by atoms with Gasteiger partial charge in [0.1, 0.15) is 12.4 Å². The number of aliphatic hydroxyl groups excluding tert-OH is 1. The molecule has 2 aromatic rings. The summed E-state index contributed by atoms with van der Waals surface area (Å²) in [6.45, 7) is 3.20. The van der Waals surface area contributed by atoms with Gasteiger partial charge in [0, 0.05) is 10.6 Å². The maximum absolute atomic E-state index is 10.1. The van der Waals surface area contributed by atoms with Gasteiger partial charge in [-0.1, -0.05) is 35.9 Å². The minimum atomic E-state index is -0.488. The van der Waals surface area contributed by atoms with Crippen molar-refractivity contribution in [2.75, 3.05) is 13.6 Å². The Morgan fingerprint density at radius 3 is 2.73 bits per heavy atom. The Hall–Kier alpha value is -1.55. The first-order chi connectivity index (χ1) is 10.6. The van der Waals surface area contributed by atoms with Crippen LogP contribution in [0.4, 0.5) is 0 Å². The molecule has 0 spiro atoms. The number of hydrogen-bond acceptors (Lipinski definition) is 3. The minimum Gasteiger partial charge on any atom is -0.489 e. The third kappa shape index (κ3) is 4.47. The van der Waals surface area contributed by atoms with Crippen molar-refractivity contribution < 1.29 is 9.84 Å². The molecule has 2 N–H and O–H groups in total. The SMILES string of the molecule is CNCCC(O)c1cccc(OCc2c(C)cccc2Cl)c1. The van der Waals surface area contributed by atoms with Crippen LogP contribution >= 0.6 is 11.6 Å². The Morgan fingerprint density at radius 2 is 2.00 bits per heavy atom. The highest BCUT2D eigenvalue weighted by atomic mass is 35.5. The zero-order chi connectivity index (χ0) is 15.9. The molecule has 0 amide bonds. The Balaban J connectivity index is 2.04. The van der Waals surface area contributed by atoms with E-state index >= 15 is 0 Å². The van der Waals surface area contributed by atoms with Crippen LogP contribution in [0.2, 0.25) is 5.02 Å². The van der Waals surface area contributed by atoms with Crippen LogP contribution in [0.3, 0.4) is 0 Å². The monoisotopic (exact) mass is 319 g/mol. The van der Waals surface area contributed by atoms with Gasteiger partial charge in [-0.25, -0.2) is 0 Å². The van der Waals surface area contributed by atoms with Crippen molar-refractivity contribution in [2.24, 2.45) is 0 Å². The molecule has 2 aromatic carbocycles. The van der Waals surface area contributed by atoms with Crippen molar-refractivity contribution in [1.82, 2.24) is 5.32 Å². The number of hydrogen-bond donors (Lipinski definition) is 2. The molecule has 0 fully saturated rings. The Kier molecular flexibility index (Phi) is 6.25. The smallest absolute Gasteiger partial charge is 0.120 e. The summed E-state index contributed by atoms with van der Waals surface area (Å²) in [6.07, 6.45) is 0.182. The first-order valence-electron chi connectivity index (χ1n) is 7.41. The molecule has 4 heteroatoms. The van der Waals surface area contributed by atoms with Crippen molar-refractivity contribution >= 4 is 11.6 Å². The summed E-state index contributed by atoms with van der Waals surface area (Å²) in [5.74, 6) is 0.736. The Morgan fingerprint density at radius 1 is 1.23 bits per heavy atom. The van der Waals surface area contributed by atoms with Crippen LogP contribution in [0, 0.1) is 6.92 Å². The molecule has 0 aromatic heterocycles. The standard InChI is InChI=1S/C18H22ClNO2/c1-13-5-3-8-17(19)16(13)12-22-15-7-4-6-14(11-15)18(21)9-10-20-2/h3-8,11,18,20-21H,9-10,12H2,1-2H3. The van der Waals surface area contributed by atoms with E-state index in [1.165, 1.54) is 0 Å². The summed E-state index contributed by atoms with van der Waals surface area (Å²) < 4.78 is 5.84. The summed E-state index contributed by atoms with van der Waals surface area (Å²) in [4.78, 5) is 0. The van der Waals surface area contributed by atoms with Crippen LogP contribution in [0.5, 0.6) is 5.75 Å². The van der Waals surface area contributed by atoms with Gasteiger partial charge in [0.05, 0.1) is 6.10 Å². The zero-order valence-electron chi connectivity index (χ0n) is 13.0. The second kappa shape index (κ2) is 8.18. The lowest BCUT2D eigenvalue weighted by atomic mass is 10.1. The number of nitrogens with one attached hydrogen (secondary N) is 1. The van der Waals surface area contributed by atoms with Crippen molar-refractivity contribution in [3.8, 4) is 5.75 Å². The number of halogens is 1. The lowest BCUT2D eigenvalue weighted by Gasteiger charge is -2.14. The fraction of sp³-hybridized carbons (Fsp3) is 0.333. The Labute approximate surface area is 136 Å². The third-order valence-corrected chi connectivity index (χ3v) is 4.00. The predicted octanol–water partition coefficient (Wildman–Crippen LogP) is 3.87. The van der Waals surface area contributed by atoms with Crippen molar-refractivity contribution in [1.29, 1.82) is 0 Å². The highest BCUT2D eigenvalue weighted by Crippen LogP contribution is 2.24. The number of benzene rings is 2. The van der Waals surface area contributed by atoms with E-state index in [0.29, 0.717) is 18.1 Å². The fourth-order valence-electron chi connectivity index (χ4n) is 2.26. The molecule has 0 saturated carbocycles. The highest BCUT2D eigenvalue weighted by Gasteiger charge is 2.09. The van der Waals surface area contributed by atoms with Gasteiger partial charge in [-0.15, -0.1) is 0 Å². The van der Waals surface area contributed by atoms with Crippen LogP contribution in [0.15, 0.2) is 42.5 Å². The summed E-state index contributed by atoms with van der Waals surface area (Å²) in [5.41, 5.74) is 2.96. The lowest BCUT2D eigenvalue weighted by Crippen LogP contribution is -2.12. The minimum absolute atomic E-state index is 0.418. The topological polar surface area (TPSA) is 41.5 Å². The molecule has 3 nitrogen and oxygen atoms in total. The van der Waals surface area contributed by atoms with Crippen molar-refractivity contribution in [3.05, 3.63) is 64.2 Å². The predicted molar refractivity (Wildman–Crippen MR) is 90.5 cm³/mol. The van der Waals surface area contributed by atoms with Gasteiger partial charge in [0.15, 0.2) is 0 Å². The van der Waals surface area contributed by atoms with Gasteiger partial charge in [0.2, 0.25) is 0 Å². The molecule has 1 unspecified atom stereocenters. The number of ether oxygens (including phenoxy) is 1. The molecule has 22 heavy (non-hydrogen) atoms. The van der Waals surface area contributed by atoms with E-state index < -0.39 is 6.10 Å². The molecule has 1 atom stereocenters. The highest BCUT2D eigenvalue weighted by molar-refractivity contribution is 6.31. The quantitative estimate of drug-likeness (QED) is 0.814. The normalized spacial score (nSPS) is 12.2.